The Balaban J connectivity index is 0.000000451. The van der Waals surface area contributed by atoms with Crippen LogP contribution in [0.4, 0.5) is 39.0 Å². The fraction of sp³-hybridized carbons (Fsp3) is 0.296. The van der Waals surface area contributed by atoms with Gasteiger partial charge in [0.05, 0.1) is 0 Å². The van der Waals surface area contributed by atoms with E-state index in [1.54, 1.807) is 24.3 Å². The molecule has 3 aromatic carbocycles. The van der Waals surface area contributed by atoms with Gasteiger partial charge in [-0.25, -0.2) is 4.79 Å². The lowest BCUT2D eigenvalue weighted by atomic mass is 9.74. The second-order valence-corrected chi connectivity index (χ2v) is 9.98. The third-order valence-electron chi connectivity index (χ3n) is 6.98. The zero-order valence-corrected chi connectivity index (χ0v) is 21.6. The van der Waals surface area contributed by atoms with E-state index < -0.39 is 35.3 Å². The van der Waals surface area contributed by atoms with Gasteiger partial charge in [0.25, 0.3) is 16.7 Å². The number of para-hydroxylation sites is 1. The van der Waals surface area contributed by atoms with Gasteiger partial charge in [-0.05, 0) is 29.8 Å². The third kappa shape index (κ3) is 5.59. The number of benzene rings is 2. The molecular weight excluding hydrogens is 569 g/mol. The minimum absolute atomic E-state index is 0.00808. The number of carboxylic acid groups (broad SMARTS) is 1. The molecule has 6 rings (SSSR count). The van der Waals surface area contributed by atoms with Gasteiger partial charge in [0, 0.05) is 49.4 Å². The molecule has 3 heterocycles. The van der Waals surface area contributed by atoms with Crippen molar-refractivity contribution in [3.8, 4) is 11.5 Å². The number of nitrogens with one attached hydrogen (secondary N) is 1. The van der Waals surface area contributed by atoms with Crippen molar-refractivity contribution < 1.29 is 36.3 Å². The number of anilines is 3. The van der Waals surface area contributed by atoms with Crippen molar-refractivity contribution in [2.24, 2.45) is 5.41 Å². The summed E-state index contributed by atoms with van der Waals surface area (Å²) in [4.78, 5) is 38.1. The first-order valence-corrected chi connectivity index (χ1v) is 12.5. The molecule has 0 atom stereocenters. The molecule has 2 fully saturated rings. The van der Waals surface area contributed by atoms with Crippen molar-refractivity contribution in [1.29, 1.82) is 0 Å². The minimum atomic E-state index is -5.08. The maximum Gasteiger partial charge on any atom is 0.490 e. The van der Waals surface area contributed by atoms with Crippen LogP contribution in [0.25, 0.3) is 11.5 Å². The topological polar surface area (TPSA) is 129 Å². The van der Waals surface area contributed by atoms with Gasteiger partial charge in [-0.15, -0.1) is 10.2 Å². The van der Waals surface area contributed by atoms with Crippen LogP contribution in [0.15, 0.2) is 68.6 Å². The van der Waals surface area contributed by atoms with Crippen LogP contribution in [0, 0.1) is 5.41 Å². The van der Waals surface area contributed by atoms with Gasteiger partial charge >= 0.3 is 18.6 Å². The predicted molar refractivity (Wildman–Crippen MR) is 140 cm³/mol. The standard InChI is InChI=1S/C25H21F2N5O3.C2HF3O2/c26-22(27)24-30-29-23(35-24)16-8-6-15(7-9-16)10-32(17-4-2-1-3-5-17)19-18(20(33)21(19)34)31-13-25(14-31)11-28-12-25;3-2(4,5)1(6)7/h1-9,22,28H,10-14H2;(H,6,7). The highest BCUT2D eigenvalue weighted by Crippen LogP contribution is 2.41. The van der Waals surface area contributed by atoms with E-state index in [9.17, 15) is 31.5 Å². The zero-order chi connectivity index (χ0) is 30.2. The molecule has 2 aliphatic heterocycles. The highest BCUT2D eigenvalue weighted by molar-refractivity contribution is 5.82. The van der Waals surface area contributed by atoms with Crippen molar-refractivity contribution in [2.45, 2.75) is 19.1 Å². The van der Waals surface area contributed by atoms with Crippen molar-refractivity contribution in [1.82, 2.24) is 15.5 Å². The van der Waals surface area contributed by atoms with E-state index in [0.29, 0.717) is 23.5 Å². The average Bonchev–Trinajstić information content (AvgIpc) is 3.41. The van der Waals surface area contributed by atoms with Gasteiger partial charge in [-0.1, -0.05) is 30.3 Å². The number of halogens is 5. The number of carbonyl (C=O) groups is 1. The Morgan fingerprint density at radius 3 is 2.14 bits per heavy atom. The van der Waals surface area contributed by atoms with Gasteiger partial charge in [0.1, 0.15) is 11.4 Å². The summed E-state index contributed by atoms with van der Waals surface area (Å²) in [5.41, 5.74) is 2.34. The third-order valence-corrected chi connectivity index (χ3v) is 6.98. The highest BCUT2D eigenvalue weighted by Gasteiger charge is 2.50. The number of hydrogen-bond donors (Lipinski definition) is 2. The van der Waals surface area contributed by atoms with Crippen LogP contribution in [0.1, 0.15) is 17.9 Å². The van der Waals surface area contributed by atoms with Crippen LogP contribution >= 0.6 is 0 Å². The molecule has 220 valence electrons. The molecule has 10 nitrogen and oxygen atoms in total. The molecule has 0 amide bonds. The van der Waals surface area contributed by atoms with E-state index in [4.69, 9.17) is 14.3 Å². The molecular formula is C27H22F5N5O5. The highest BCUT2D eigenvalue weighted by atomic mass is 19.4. The Labute approximate surface area is 233 Å². The molecule has 0 radical (unpaired) electrons. The van der Waals surface area contributed by atoms with Gasteiger partial charge in [-0.2, -0.15) is 22.0 Å². The number of aliphatic carboxylic acids is 1. The largest absolute Gasteiger partial charge is 0.490 e. The van der Waals surface area contributed by atoms with E-state index in [1.807, 2.05) is 40.1 Å². The normalized spacial score (nSPS) is 15.6. The zero-order valence-electron chi connectivity index (χ0n) is 21.6. The lowest BCUT2D eigenvalue weighted by molar-refractivity contribution is -0.192. The van der Waals surface area contributed by atoms with Crippen LogP contribution in [0.5, 0.6) is 0 Å². The SMILES string of the molecule is O=C(O)C(F)(F)F.O=c1c(N2CC3(CNC3)C2)c(N(Cc2ccc(-c3nnc(C(F)F)o3)cc2)c2ccccc2)c1=O. The first kappa shape index (κ1) is 28.9. The summed E-state index contributed by atoms with van der Waals surface area (Å²) >= 11 is 0. The number of alkyl halides is 5. The number of hydrogen-bond acceptors (Lipinski definition) is 9. The van der Waals surface area contributed by atoms with Crippen LogP contribution in [-0.4, -0.2) is 53.6 Å². The summed E-state index contributed by atoms with van der Waals surface area (Å²) in [5, 5.41) is 17.4. The molecule has 2 aliphatic rings. The summed E-state index contributed by atoms with van der Waals surface area (Å²) < 4.78 is 62.3. The molecule has 2 N–H and O–H groups in total. The number of rotatable bonds is 7. The van der Waals surface area contributed by atoms with Gasteiger partial charge < -0.3 is 24.6 Å². The maximum absolute atomic E-state index is 12.8. The molecule has 0 bridgehead atoms. The molecule has 0 saturated carbocycles. The van der Waals surface area contributed by atoms with E-state index in [1.165, 1.54) is 0 Å². The molecule has 1 spiro atoms. The second kappa shape index (κ2) is 11.0. The predicted octanol–water partition coefficient (Wildman–Crippen LogP) is 3.65. The Morgan fingerprint density at radius 2 is 1.64 bits per heavy atom. The minimum Gasteiger partial charge on any atom is -0.475 e. The molecule has 4 aromatic rings. The van der Waals surface area contributed by atoms with Crippen molar-refractivity contribution in [3.63, 3.8) is 0 Å². The van der Waals surface area contributed by atoms with E-state index in [-0.39, 0.29) is 11.3 Å². The number of aromatic nitrogens is 2. The van der Waals surface area contributed by atoms with Crippen molar-refractivity contribution in [3.05, 3.63) is 86.5 Å². The Bertz CT molecular complexity index is 1640. The van der Waals surface area contributed by atoms with Crippen molar-refractivity contribution >= 4 is 23.0 Å². The summed E-state index contributed by atoms with van der Waals surface area (Å²) in [6, 6.07) is 16.5. The maximum atomic E-state index is 12.8. The van der Waals surface area contributed by atoms with E-state index in [2.05, 4.69) is 15.5 Å². The van der Waals surface area contributed by atoms with Gasteiger partial charge in [0.15, 0.2) is 0 Å². The molecule has 0 aliphatic carbocycles. The molecule has 2 saturated heterocycles. The molecule has 0 unspecified atom stereocenters. The summed E-state index contributed by atoms with van der Waals surface area (Å²) in [5.74, 6) is -3.47. The summed E-state index contributed by atoms with van der Waals surface area (Å²) in [6.07, 6.45) is -7.91. The second-order valence-electron chi connectivity index (χ2n) is 9.98. The van der Waals surface area contributed by atoms with Gasteiger partial charge in [-0.3, -0.25) is 9.59 Å². The van der Waals surface area contributed by atoms with Crippen LogP contribution in [0.3, 0.4) is 0 Å². The summed E-state index contributed by atoms with van der Waals surface area (Å²) in [7, 11) is 0. The Hall–Kier alpha value is -4.66. The smallest absolute Gasteiger partial charge is 0.475 e. The lowest BCUT2D eigenvalue weighted by Crippen LogP contribution is -2.72. The first-order chi connectivity index (χ1) is 19.9. The first-order valence-electron chi connectivity index (χ1n) is 12.5. The van der Waals surface area contributed by atoms with Gasteiger partial charge in [0.2, 0.25) is 5.89 Å². The molecule has 42 heavy (non-hydrogen) atoms. The Morgan fingerprint density at radius 1 is 1.02 bits per heavy atom. The quantitative estimate of drug-likeness (QED) is 0.243. The fourth-order valence-corrected chi connectivity index (χ4v) is 4.82. The lowest BCUT2D eigenvalue weighted by Gasteiger charge is -2.57. The van der Waals surface area contributed by atoms with Crippen LogP contribution < -0.4 is 26.0 Å². The van der Waals surface area contributed by atoms with Crippen molar-refractivity contribution in [2.75, 3.05) is 36.0 Å². The molecule has 1 aromatic heterocycles. The molecule has 15 heteroatoms. The monoisotopic (exact) mass is 591 g/mol. The van der Waals surface area contributed by atoms with Crippen LogP contribution in [-0.2, 0) is 11.3 Å². The van der Waals surface area contributed by atoms with Crippen LogP contribution in [0.2, 0.25) is 0 Å². The van der Waals surface area contributed by atoms with E-state index in [0.717, 1.165) is 37.4 Å². The number of carboxylic acids is 1. The Kier molecular flexibility index (Phi) is 7.53. The average molecular weight is 591 g/mol. The fourth-order valence-electron chi connectivity index (χ4n) is 4.82. The summed E-state index contributed by atoms with van der Waals surface area (Å²) in [6.45, 7) is 3.73. The number of nitrogens with zero attached hydrogens (tertiary/aromatic N) is 4. The van der Waals surface area contributed by atoms with E-state index >= 15 is 0 Å².